The predicted octanol–water partition coefficient (Wildman–Crippen LogP) is 3.61. The van der Waals surface area contributed by atoms with Gasteiger partial charge in [0, 0.05) is 31.0 Å². The van der Waals surface area contributed by atoms with Gasteiger partial charge in [-0.05, 0) is 55.6 Å². The molecule has 0 radical (unpaired) electrons. The van der Waals surface area contributed by atoms with E-state index < -0.39 is 5.97 Å². The number of hydrogen-bond donors (Lipinski definition) is 2. The summed E-state index contributed by atoms with van der Waals surface area (Å²) in [6.45, 7) is 6.88. The second-order valence-electron chi connectivity index (χ2n) is 8.36. The summed E-state index contributed by atoms with van der Waals surface area (Å²) in [6.07, 6.45) is 2.37. The van der Waals surface area contributed by atoms with Crippen molar-refractivity contribution in [2.45, 2.75) is 45.8 Å². The van der Waals surface area contributed by atoms with E-state index >= 15 is 0 Å². The molecule has 1 aromatic carbocycles. The number of aromatic nitrogens is 3. The number of rotatable bonds is 9. The van der Waals surface area contributed by atoms with E-state index in [1.165, 1.54) is 5.56 Å². The number of aliphatic carboxylic acids is 1. The highest BCUT2D eigenvalue weighted by Gasteiger charge is 2.26. The van der Waals surface area contributed by atoms with Crippen molar-refractivity contribution in [3.05, 3.63) is 47.2 Å². The number of benzene rings is 1. The van der Waals surface area contributed by atoms with E-state index in [1.54, 1.807) is 12.3 Å². The lowest BCUT2D eigenvalue weighted by atomic mass is 10.0. The maximum atomic E-state index is 10.7. The second kappa shape index (κ2) is 9.89. The van der Waals surface area contributed by atoms with Crippen LogP contribution in [0.3, 0.4) is 0 Å². The molecule has 10 heteroatoms. The number of carboxylic acids is 1. The summed E-state index contributed by atoms with van der Waals surface area (Å²) in [5.41, 5.74) is 4.11. The topological polar surface area (TPSA) is 137 Å². The lowest BCUT2D eigenvalue weighted by Crippen LogP contribution is -2.22. The second-order valence-corrected chi connectivity index (χ2v) is 8.36. The Hall–Kier alpha value is -3.97. The number of nitrogens with one attached hydrogen (secondary N) is 1. The maximum Gasteiger partial charge on any atom is 0.304 e. The summed E-state index contributed by atoms with van der Waals surface area (Å²) >= 11 is 0. The Morgan fingerprint density at radius 3 is 2.91 bits per heavy atom. The van der Waals surface area contributed by atoms with Gasteiger partial charge in [-0.1, -0.05) is 12.1 Å². The first kappa shape index (κ1) is 23.2. The molecular weight excluding hydrogens is 436 g/mol. The van der Waals surface area contributed by atoms with Crippen LogP contribution in [0.5, 0.6) is 5.88 Å². The van der Waals surface area contributed by atoms with Gasteiger partial charge in [0.05, 0.1) is 18.1 Å². The fourth-order valence-electron chi connectivity index (χ4n) is 3.82. The zero-order valence-corrected chi connectivity index (χ0v) is 19.3. The Morgan fingerprint density at radius 2 is 2.18 bits per heavy atom. The lowest BCUT2D eigenvalue weighted by molar-refractivity contribution is -0.136. The van der Waals surface area contributed by atoms with Crippen LogP contribution in [0, 0.1) is 11.3 Å². The van der Waals surface area contributed by atoms with Crippen LogP contribution in [-0.2, 0) is 11.2 Å². The van der Waals surface area contributed by atoms with Gasteiger partial charge in [-0.15, -0.1) is 0 Å². The van der Waals surface area contributed by atoms with Gasteiger partial charge in [-0.2, -0.15) is 10.2 Å². The van der Waals surface area contributed by atoms with Gasteiger partial charge >= 0.3 is 5.97 Å². The molecule has 2 aromatic heterocycles. The van der Waals surface area contributed by atoms with E-state index in [-0.39, 0.29) is 30.3 Å². The normalized spacial score (nSPS) is 13.6. The highest BCUT2D eigenvalue weighted by molar-refractivity contribution is 5.68. The smallest absolute Gasteiger partial charge is 0.304 e. The number of nitrogens with zero attached hydrogens (tertiary/aromatic N) is 5. The molecule has 1 aliphatic heterocycles. The zero-order chi connectivity index (χ0) is 24.2. The van der Waals surface area contributed by atoms with Crippen molar-refractivity contribution in [3.8, 4) is 23.4 Å². The van der Waals surface area contributed by atoms with Crippen LogP contribution in [0.4, 0.5) is 11.6 Å². The highest BCUT2D eigenvalue weighted by Crippen LogP contribution is 2.35. The molecule has 0 spiro atoms. The lowest BCUT2D eigenvalue weighted by Gasteiger charge is -2.17. The predicted molar refractivity (Wildman–Crippen MR) is 124 cm³/mol. The molecular formula is C24H26N6O4. The molecule has 3 heterocycles. The maximum absolute atomic E-state index is 10.7. The number of fused-ring (bicyclic) bond motifs is 1. The molecule has 0 amide bonds. The van der Waals surface area contributed by atoms with Gasteiger partial charge in [0.25, 0.3) is 11.8 Å². The number of pyridine rings is 1. The number of carboxylic acid groups (broad SMARTS) is 1. The van der Waals surface area contributed by atoms with Crippen LogP contribution < -0.4 is 15.0 Å². The van der Waals surface area contributed by atoms with Gasteiger partial charge in [0.2, 0.25) is 5.88 Å². The monoisotopic (exact) mass is 462 g/mol. The summed E-state index contributed by atoms with van der Waals surface area (Å²) in [4.78, 5) is 21.5. The van der Waals surface area contributed by atoms with Gasteiger partial charge in [-0.25, -0.2) is 4.98 Å². The molecule has 10 nitrogen and oxygen atoms in total. The van der Waals surface area contributed by atoms with E-state index in [1.807, 2.05) is 37.8 Å². The summed E-state index contributed by atoms with van der Waals surface area (Å²) in [7, 11) is 0. The molecule has 0 fully saturated rings. The number of hydrogen-bond acceptors (Lipinski definition) is 9. The Bertz CT molecular complexity index is 1230. The highest BCUT2D eigenvalue weighted by atomic mass is 16.5. The number of carbonyl (C=O) groups is 1. The third kappa shape index (κ3) is 5.00. The first-order valence-electron chi connectivity index (χ1n) is 11.1. The van der Waals surface area contributed by atoms with Gasteiger partial charge in [-0.3, -0.25) is 4.79 Å². The van der Waals surface area contributed by atoms with Gasteiger partial charge in [0.1, 0.15) is 11.6 Å². The Kier molecular flexibility index (Phi) is 6.75. The zero-order valence-electron chi connectivity index (χ0n) is 19.3. The fraction of sp³-hybridized carbons (Fsp3) is 0.375. The summed E-state index contributed by atoms with van der Waals surface area (Å²) < 4.78 is 11.0. The van der Waals surface area contributed by atoms with Crippen molar-refractivity contribution in [1.82, 2.24) is 20.4 Å². The molecule has 2 N–H and O–H groups in total. The first-order chi connectivity index (χ1) is 16.4. The molecule has 1 atom stereocenters. The van der Waals surface area contributed by atoms with E-state index in [0.717, 1.165) is 17.7 Å². The summed E-state index contributed by atoms with van der Waals surface area (Å²) in [5, 5.41) is 25.6. The van der Waals surface area contributed by atoms with Crippen LogP contribution in [0.15, 0.2) is 35.0 Å². The minimum Gasteiger partial charge on any atom is -0.481 e. The van der Waals surface area contributed by atoms with Crippen molar-refractivity contribution in [3.63, 3.8) is 0 Å². The molecule has 0 aliphatic carbocycles. The van der Waals surface area contributed by atoms with E-state index in [4.69, 9.17) is 14.4 Å². The van der Waals surface area contributed by atoms with E-state index in [0.29, 0.717) is 30.2 Å². The van der Waals surface area contributed by atoms with Crippen molar-refractivity contribution in [1.29, 1.82) is 5.26 Å². The third-order valence-electron chi connectivity index (χ3n) is 5.51. The van der Waals surface area contributed by atoms with Crippen molar-refractivity contribution in [2.75, 3.05) is 18.0 Å². The summed E-state index contributed by atoms with van der Waals surface area (Å²) in [5.74, 6) is 0.173. The Balaban J connectivity index is 1.50. The minimum absolute atomic E-state index is 0.0416. The molecule has 1 aliphatic rings. The van der Waals surface area contributed by atoms with Crippen LogP contribution in [0.25, 0.3) is 11.5 Å². The molecule has 4 rings (SSSR count). The van der Waals surface area contributed by atoms with E-state index in [2.05, 4.69) is 32.6 Å². The van der Waals surface area contributed by atoms with Crippen molar-refractivity contribution in [2.24, 2.45) is 0 Å². The SMILES string of the molecule is CC(C)Oc1ncc(-c2nc(N3CCc4cc(C(C)NCCC(=O)O)ccc43)no2)cc1C#N. The fourth-order valence-corrected chi connectivity index (χ4v) is 3.82. The van der Waals surface area contributed by atoms with Gasteiger partial charge < -0.3 is 24.6 Å². The van der Waals surface area contributed by atoms with Crippen LogP contribution >= 0.6 is 0 Å². The molecule has 34 heavy (non-hydrogen) atoms. The standard InChI is InChI=1S/C24H26N6O4/c1-14(2)33-22-18(12-25)11-19(13-27-22)23-28-24(29-34-23)30-9-7-17-10-16(4-5-20(17)30)15(3)26-8-6-21(31)32/h4-5,10-11,13-15,26H,6-9H2,1-3H3,(H,31,32). The Labute approximate surface area is 197 Å². The summed E-state index contributed by atoms with van der Waals surface area (Å²) in [6, 6.07) is 9.94. The molecule has 0 saturated carbocycles. The largest absolute Gasteiger partial charge is 0.481 e. The van der Waals surface area contributed by atoms with E-state index in [9.17, 15) is 10.1 Å². The quantitative estimate of drug-likeness (QED) is 0.485. The average molecular weight is 463 g/mol. The third-order valence-corrected chi connectivity index (χ3v) is 5.51. The van der Waals surface area contributed by atoms with Crippen LogP contribution in [-0.4, -0.2) is 45.4 Å². The molecule has 1 unspecified atom stereocenters. The Morgan fingerprint density at radius 1 is 1.35 bits per heavy atom. The molecule has 0 saturated heterocycles. The first-order valence-corrected chi connectivity index (χ1v) is 11.1. The van der Waals surface area contributed by atoms with Crippen molar-refractivity contribution >= 4 is 17.6 Å². The molecule has 3 aromatic rings. The number of ether oxygens (including phenoxy) is 1. The van der Waals surface area contributed by atoms with Crippen LogP contribution in [0.2, 0.25) is 0 Å². The van der Waals surface area contributed by atoms with Crippen molar-refractivity contribution < 1.29 is 19.2 Å². The molecule has 176 valence electrons. The average Bonchev–Trinajstić information content (AvgIpc) is 3.45. The molecule has 0 bridgehead atoms. The number of anilines is 2. The van der Waals surface area contributed by atoms with Gasteiger partial charge in [0.15, 0.2) is 0 Å². The minimum atomic E-state index is -0.816. The number of nitriles is 1. The van der Waals surface area contributed by atoms with Crippen LogP contribution in [0.1, 0.15) is 49.9 Å².